The largest absolute Gasteiger partial charge is 0.334 e. The van der Waals surface area contributed by atoms with Crippen molar-refractivity contribution in [2.24, 2.45) is 0 Å². The Morgan fingerprint density at radius 1 is 1.50 bits per heavy atom. The van der Waals surface area contributed by atoms with E-state index in [0.717, 1.165) is 26.1 Å². The molecule has 0 radical (unpaired) electrons. The molecule has 0 aromatic heterocycles. The molecule has 0 atom stereocenters. The summed E-state index contributed by atoms with van der Waals surface area (Å²) in [6, 6.07) is 0. The van der Waals surface area contributed by atoms with E-state index in [1.54, 1.807) is 4.90 Å². The lowest BCUT2D eigenvalue weighted by molar-refractivity contribution is -0.134. The molecule has 1 saturated heterocycles. The van der Waals surface area contributed by atoms with Crippen LogP contribution in [-0.2, 0) is 4.79 Å². The SMILES string of the molecule is CC1(C)CNCCCN1C(=O)C(Cl)Cl. The van der Waals surface area contributed by atoms with Crippen molar-refractivity contribution in [3.05, 3.63) is 0 Å². The summed E-state index contributed by atoms with van der Waals surface area (Å²) in [5.74, 6) is -0.193. The first-order valence-corrected chi connectivity index (χ1v) is 5.63. The van der Waals surface area contributed by atoms with Gasteiger partial charge in [0.1, 0.15) is 0 Å². The van der Waals surface area contributed by atoms with Crippen LogP contribution in [0.1, 0.15) is 20.3 Å². The Kier molecular flexibility index (Phi) is 4.04. The summed E-state index contributed by atoms with van der Waals surface area (Å²) in [4.78, 5) is 12.5. The highest BCUT2D eigenvalue weighted by molar-refractivity contribution is 6.53. The van der Waals surface area contributed by atoms with Crippen molar-refractivity contribution >= 4 is 29.1 Å². The second kappa shape index (κ2) is 4.69. The maximum Gasteiger partial charge on any atom is 0.256 e. The summed E-state index contributed by atoms with van der Waals surface area (Å²) in [5, 5.41) is 3.28. The highest BCUT2D eigenvalue weighted by Crippen LogP contribution is 2.20. The van der Waals surface area contributed by atoms with Crippen LogP contribution in [-0.4, -0.2) is 40.8 Å². The van der Waals surface area contributed by atoms with Crippen LogP contribution in [0.4, 0.5) is 0 Å². The Hall–Kier alpha value is 0.01000. The van der Waals surface area contributed by atoms with Crippen molar-refractivity contribution in [2.45, 2.75) is 30.6 Å². The maximum absolute atomic E-state index is 11.7. The lowest BCUT2D eigenvalue weighted by Gasteiger charge is -2.37. The van der Waals surface area contributed by atoms with E-state index in [-0.39, 0.29) is 11.4 Å². The normalized spacial score (nSPS) is 22.2. The topological polar surface area (TPSA) is 32.3 Å². The number of hydrogen-bond acceptors (Lipinski definition) is 2. The smallest absolute Gasteiger partial charge is 0.256 e. The van der Waals surface area contributed by atoms with Crippen LogP contribution >= 0.6 is 23.2 Å². The third-order valence-electron chi connectivity index (χ3n) is 2.48. The second-order valence-electron chi connectivity index (χ2n) is 4.13. The maximum atomic E-state index is 11.7. The van der Waals surface area contributed by atoms with E-state index in [1.807, 2.05) is 13.8 Å². The zero-order chi connectivity index (χ0) is 10.8. The zero-order valence-electron chi connectivity index (χ0n) is 8.52. The Labute approximate surface area is 94.7 Å². The minimum Gasteiger partial charge on any atom is -0.334 e. The number of hydrogen-bond donors (Lipinski definition) is 1. The fraction of sp³-hybridized carbons (Fsp3) is 0.889. The van der Waals surface area contributed by atoms with E-state index in [1.165, 1.54) is 0 Å². The molecule has 0 aliphatic carbocycles. The Balaban J connectivity index is 2.76. The van der Waals surface area contributed by atoms with Gasteiger partial charge in [-0.3, -0.25) is 4.79 Å². The van der Waals surface area contributed by atoms with Gasteiger partial charge in [-0.15, -0.1) is 0 Å². The summed E-state index contributed by atoms with van der Waals surface area (Å²) in [6.45, 7) is 6.45. The molecule has 0 aromatic carbocycles. The molecule has 1 fully saturated rings. The first-order chi connectivity index (χ1) is 6.45. The van der Waals surface area contributed by atoms with Crippen molar-refractivity contribution in [1.29, 1.82) is 0 Å². The summed E-state index contributed by atoms with van der Waals surface area (Å²) >= 11 is 11.2. The minimum absolute atomic E-state index is 0.193. The van der Waals surface area contributed by atoms with Gasteiger partial charge in [-0.2, -0.15) is 0 Å². The van der Waals surface area contributed by atoms with Crippen LogP contribution in [0.3, 0.4) is 0 Å². The molecule has 3 nitrogen and oxygen atoms in total. The molecular formula is C9H16Cl2N2O. The number of alkyl halides is 2. The third-order valence-corrected chi connectivity index (χ3v) is 2.85. The average Bonchev–Trinajstić information content (AvgIpc) is 2.24. The molecule has 1 N–H and O–H groups in total. The van der Waals surface area contributed by atoms with E-state index in [4.69, 9.17) is 23.2 Å². The van der Waals surface area contributed by atoms with E-state index >= 15 is 0 Å². The van der Waals surface area contributed by atoms with Gasteiger partial charge in [0.15, 0.2) is 4.84 Å². The lowest BCUT2D eigenvalue weighted by atomic mass is 10.0. The molecule has 1 aliphatic rings. The first-order valence-electron chi connectivity index (χ1n) is 4.75. The van der Waals surface area contributed by atoms with Gasteiger partial charge in [0, 0.05) is 18.6 Å². The third kappa shape index (κ3) is 2.75. The Bertz CT molecular complexity index is 219. The van der Waals surface area contributed by atoms with Gasteiger partial charge < -0.3 is 10.2 Å². The number of amides is 1. The quantitative estimate of drug-likeness (QED) is 0.701. The van der Waals surface area contributed by atoms with Crippen LogP contribution in [0.15, 0.2) is 0 Å². The molecule has 14 heavy (non-hydrogen) atoms. The average molecular weight is 239 g/mol. The van der Waals surface area contributed by atoms with E-state index in [2.05, 4.69) is 5.32 Å². The van der Waals surface area contributed by atoms with Crippen molar-refractivity contribution in [1.82, 2.24) is 10.2 Å². The Morgan fingerprint density at radius 2 is 2.14 bits per heavy atom. The molecule has 1 amide bonds. The number of nitrogens with one attached hydrogen (secondary N) is 1. The van der Waals surface area contributed by atoms with Crippen LogP contribution in [0.5, 0.6) is 0 Å². The number of carbonyl (C=O) groups is 1. The monoisotopic (exact) mass is 238 g/mol. The van der Waals surface area contributed by atoms with Crippen molar-refractivity contribution in [3.63, 3.8) is 0 Å². The number of carbonyl (C=O) groups excluding carboxylic acids is 1. The number of nitrogens with zero attached hydrogens (tertiary/aromatic N) is 1. The molecule has 82 valence electrons. The van der Waals surface area contributed by atoms with E-state index < -0.39 is 4.84 Å². The Morgan fingerprint density at radius 3 is 2.71 bits per heavy atom. The summed E-state index contributed by atoms with van der Waals surface area (Å²) in [7, 11) is 0. The number of rotatable bonds is 1. The highest BCUT2D eigenvalue weighted by atomic mass is 35.5. The first kappa shape index (κ1) is 12.1. The van der Waals surface area contributed by atoms with Gasteiger partial charge in [-0.25, -0.2) is 0 Å². The minimum atomic E-state index is -0.952. The number of halogens is 2. The summed E-state index contributed by atoms with van der Waals surface area (Å²) < 4.78 is 0. The lowest BCUT2D eigenvalue weighted by Crippen LogP contribution is -2.53. The molecule has 0 saturated carbocycles. The predicted molar refractivity (Wildman–Crippen MR) is 58.8 cm³/mol. The molecule has 1 aliphatic heterocycles. The van der Waals surface area contributed by atoms with Gasteiger partial charge in [0.05, 0.1) is 0 Å². The van der Waals surface area contributed by atoms with Crippen LogP contribution in [0.2, 0.25) is 0 Å². The molecule has 1 rings (SSSR count). The van der Waals surface area contributed by atoms with Gasteiger partial charge in [-0.1, -0.05) is 23.2 Å². The van der Waals surface area contributed by atoms with Gasteiger partial charge in [0.25, 0.3) is 5.91 Å². The molecule has 0 spiro atoms. The highest BCUT2D eigenvalue weighted by Gasteiger charge is 2.34. The van der Waals surface area contributed by atoms with Crippen molar-refractivity contribution in [2.75, 3.05) is 19.6 Å². The van der Waals surface area contributed by atoms with Gasteiger partial charge in [0.2, 0.25) is 0 Å². The van der Waals surface area contributed by atoms with Crippen LogP contribution < -0.4 is 5.32 Å². The predicted octanol–water partition coefficient (Wildman–Crippen LogP) is 1.39. The zero-order valence-corrected chi connectivity index (χ0v) is 10.0. The second-order valence-corrected chi connectivity index (χ2v) is 5.23. The fourth-order valence-electron chi connectivity index (χ4n) is 1.68. The summed E-state index contributed by atoms with van der Waals surface area (Å²) in [5.41, 5.74) is -0.213. The molecule has 0 unspecified atom stereocenters. The molecule has 1 heterocycles. The molecular weight excluding hydrogens is 223 g/mol. The van der Waals surface area contributed by atoms with E-state index in [9.17, 15) is 4.79 Å². The van der Waals surface area contributed by atoms with Crippen LogP contribution in [0.25, 0.3) is 0 Å². The van der Waals surface area contributed by atoms with Crippen molar-refractivity contribution in [3.8, 4) is 0 Å². The van der Waals surface area contributed by atoms with Crippen LogP contribution in [0, 0.1) is 0 Å². The van der Waals surface area contributed by atoms with E-state index in [0.29, 0.717) is 0 Å². The van der Waals surface area contributed by atoms with Gasteiger partial charge >= 0.3 is 0 Å². The standard InChI is InChI=1S/C9H16Cl2N2O/c1-9(2)6-12-4-3-5-13(9)8(14)7(10)11/h7,12H,3-6H2,1-2H3. The van der Waals surface area contributed by atoms with Crippen molar-refractivity contribution < 1.29 is 4.79 Å². The molecule has 0 bridgehead atoms. The molecule has 5 heteroatoms. The fourth-order valence-corrected chi connectivity index (χ4v) is 1.92. The summed E-state index contributed by atoms with van der Waals surface area (Å²) in [6.07, 6.45) is 0.940. The molecule has 0 aromatic rings. The van der Waals surface area contributed by atoms with Gasteiger partial charge in [-0.05, 0) is 26.8 Å².